The maximum absolute atomic E-state index is 13.4. The molecule has 29 heavy (non-hydrogen) atoms. The first-order valence-corrected chi connectivity index (χ1v) is 9.28. The van der Waals surface area contributed by atoms with Crippen molar-refractivity contribution in [2.75, 3.05) is 18.4 Å². The number of aromatic nitrogens is 3. The van der Waals surface area contributed by atoms with E-state index < -0.39 is 5.82 Å². The van der Waals surface area contributed by atoms with Gasteiger partial charge in [-0.3, -0.25) is 10.7 Å². The number of fused-ring (bicyclic) bond motifs is 1. The Morgan fingerprint density at radius 1 is 1.34 bits per heavy atom. The summed E-state index contributed by atoms with van der Waals surface area (Å²) in [7, 11) is 0. The topological polar surface area (TPSA) is 110 Å². The van der Waals surface area contributed by atoms with E-state index in [-0.39, 0.29) is 10.9 Å². The summed E-state index contributed by atoms with van der Waals surface area (Å²) in [4.78, 5) is 16.1. The van der Waals surface area contributed by atoms with E-state index in [1.165, 1.54) is 18.2 Å². The summed E-state index contributed by atoms with van der Waals surface area (Å²) in [5.41, 5.74) is 4.97. The van der Waals surface area contributed by atoms with Crippen LogP contribution in [-0.2, 0) is 0 Å². The highest BCUT2D eigenvalue weighted by atomic mass is 35.5. The minimum Gasteiger partial charge on any atom is -0.389 e. The zero-order valence-corrected chi connectivity index (χ0v) is 16.5. The molecular weight excluding hydrogens is 397 g/mol. The Bertz CT molecular complexity index is 1050. The number of nitrogens with zero attached hydrogens (tertiary/aromatic N) is 3. The lowest BCUT2D eigenvalue weighted by atomic mass is 10.2. The molecule has 1 aromatic carbocycles. The highest BCUT2D eigenvalue weighted by molar-refractivity contribution is 6.31. The number of amidine groups is 1. The van der Waals surface area contributed by atoms with Gasteiger partial charge in [0.1, 0.15) is 5.82 Å². The number of benzene rings is 1. The second-order valence-corrected chi connectivity index (χ2v) is 6.71. The molecule has 2 aromatic heterocycles. The Morgan fingerprint density at radius 3 is 2.90 bits per heavy atom. The third-order valence-corrected chi connectivity index (χ3v) is 4.26. The molecule has 0 aliphatic rings. The molecule has 10 heteroatoms. The Hall–Kier alpha value is -3.17. The monoisotopic (exact) mass is 417 g/mol. The molecule has 0 spiro atoms. The normalized spacial score (nSPS) is 11.5. The predicted octanol–water partition coefficient (Wildman–Crippen LogP) is 3.73. The number of hydroxylamine groups is 1. The van der Waals surface area contributed by atoms with E-state index in [9.17, 15) is 9.60 Å². The van der Waals surface area contributed by atoms with Crippen LogP contribution >= 0.6 is 11.6 Å². The fourth-order valence-electron chi connectivity index (χ4n) is 2.62. The summed E-state index contributed by atoms with van der Waals surface area (Å²) in [5, 5.41) is 15.9. The standard InChI is InChI=1S/C19H21ClFN7O/c1-11(2)22-7-3-8-24-19-26-16-13(6-9-23-18(16)27-19)17(28-29)25-12-4-5-15(21)14(20)10-12/h4-6,9-10,22,29H,1,3,7-8H2,2H3,(H,25,28)(H2,23,24,26,27). The van der Waals surface area contributed by atoms with E-state index in [0.29, 0.717) is 34.9 Å². The third-order valence-electron chi connectivity index (χ3n) is 3.97. The van der Waals surface area contributed by atoms with Crippen LogP contribution in [0.1, 0.15) is 18.9 Å². The number of rotatable bonds is 8. The molecule has 3 aromatic rings. The second-order valence-electron chi connectivity index (χ2n) is 6.30. The molecule has 0 aliphatic carbocycles. The van der Waals surface area contributed by atoms with Crippen LogP contribution in [0.4, 0.5) is 16.0 Å². The lowest BCUT2D eigenvalue weighted by molar-refractivity contribution is 0.235. The van der Waals surface area contributed by atoms with Gasteiger partial charge < -0.3 is 15.6 Å². The number of nitrogens with one attached hydrogen (secondary N) is 4. The number of aromatic amines is 1. The first kappa shape index (κ1) is 20.6. The fraction of sp³-hybridized carbons (Fsp3) is 0.211. The summed E-state index contributed by atoms with van der Waals surface area (Å²) in [6, 6.07) is 5.70. The van der Waals surface area contributed by atoms with Gasteiger partial charge in [0.25, 0.3) is 0 Å². The number of imidazole rings is 1. The molecule has 8 nitrogen and oxygen atoms in total. The minimum absolute atomic E-state index is 0.0578. The van der Waals surface area contributed by atoms with Gasteiger partial charge in [-0.05, 0) is 37.6 Å². The van der Waals surface area contributed by atoms with Crippen molar-refractivity contribution in [3.63, 3.8) is 0 Å². The molecule has 2 heterocycles. The van der Waals surface area contributed by atoms with Crippen molar-refractivity contribution in [3.05, 3.63) is 59.1 Å². The molecule has 0 radical (unpaired) electrons. The molecule has 0 atom stereocenters. The number of H-pyrrole nitrogens is 1. The zero-order valence-electron chi connectivity index (χ0n) is 15.8. The van der Waals surface area contributed by atoms with Crippen LogP contribution in [0, 0.1) is 5.82 Å². The van der Waals surface area contributed by atoms with Gasteiger partial charge in [0.05, 0.1) is 16.2 Å². The molecule has 0 bridgehead atoms. The number of hydrogen-bond acceptors (Lipinski definition) is 6. The van der Waals surface area contributed by atoms with Gasteiger partial charge in [-0.1, -0.05) is 18.2 Å². The Balaban J connectivity index is 1.82. The van der Waals surface area contributed by atoms with E-state index in [0.717, 1.165) is 18.7 Å². The molecule has 0 unspecified atom stereocenters. The maximum atomic E-state index is 13.4. The summed E-state index contributed by atoms with van der Waals surface area (Å²) in [5.74, 6) is 0.150. The van der Waals surface area contributed by atoms with E-state index in [2.05, 4.69) is 42.6 Å². The largest absolute Gasteiger partial charge is 0.389 e. The molecular formula is C19H21ClFN7O. The van der Waals surface area contributed by atoms with Crippen LogP contribution in [0.15, 0.2) is 47.7 Å². The fourth-order valence-corrected chi connectivity index (χ4v) is 2.79. The van der Waals surface area contributed by atoms with Crippen LogP contribution in [0.2, 0.25) is 5.02 Å². The van der Waals surface area contributed by atoms with Gasteiger partial charge in [-0.25, -0.2) is 14.4 Å². The SMILES string of the molecule is C=C(C)NCCCNc1nc2nccc(C(=Nc3ccc(F)c(Cl)c3)NO)c2[nH]1. The van der Waals surface area contributed by atoms with Crippen molar-refractivity contribution >= 4 is 40.2 Å². The summed E-state index contributed by atoms with van der Waals surface area (Å²) in [6.45, 7) is 7.20. The summed E-state index contributed by atoms with van der Waals surface area (Å²) in [6.07, 6.45) is 2.43. The quantitative estimate of drug-likeness (QED) is 0.165. The number of hydrogen-bond donors (Lipinski definition) is 5. The van der Waals surface area contributed by atoms with Crippen LogP contribution in [0.25, 0.3) is 11.2 Å². The van der Waals surface area contributed by atoms with Gasteiger partial charge in [0.15, 0.2) is 11.5 Å². The Labute approximate surface area is 171 Å². The van der Waals surface area contributed by atoms with Crippen LogP contribution in [0.5, 0.6) is 0 Å². The number of aliphatic imine (C=N–C) groups is 1. The van der Waals surface area contributed by atoms with Crippen LogP contribution in [-0.4, -0.2) is 39.1 Å². The summed E-state index contributed by atoms with van der Waals surface area (Å²) < 4.78 is 13.4. The number of pyridine rings is 1. The van der Waals surface area contributed by atoms with Crippen molar-refractivity contribution in [1.82, 2.24) is 25.7 Å². The van der Waals surface area contributed by atoms with Gasteiger partial charge in [0, 0.05) is 30.5 Å². The van der Waals surface area contributed by atoms with E-state index in [1.807, 2.05) is 6.92 Å². The van der Waals surface area contributed by atoms with Crippen molar-refractivity contribution in [2.45, 2.75) is 13.3 Å². The maximum Gasteiger partial charge on any atom is 0.202 e. The van der Waals surface area contributed by atoms with Gasteiger partial charge in [-0.15, -0.1) is 0 Å². The molecule has 5 N–H and O–H groups in total. The zero-order chi connectivity index (χ0) is 20.8. The van der Waals surface area contributed by atoms with Crippen molar-refractivity contribution in [1.29, 1.82) is 0 Å². The highest BCUT2D eigenvalue weighted by Gasteiger charge is 2.13. The average Bonchev–Trinajstić information content (AvgIpc) is 3.11. The van der Waals surface area contributed by atoms with Crippen molar-refractivity contribution in [3.8, 4) is 0 Å². The van der Waals surface area contributed by atoms with Gasteiger partial charge in [0.2, 0.25) is 5.95 Å². The lowest BCUT2D eigenvalue weighted by Crippen LogP contribution is -2.20. The molecule has 0 saturated carbocycles. The van der Waals surface area contributed by atoms with Crippen molar-refractivity contribution < 1.29 is 9.60 Å². The second kappa shape index (κ2) is 9.35. The molecule has 0 saturated heterocycles. The average molecular weight is 418 g/mol. The van der Waals surface area contributed by atoms with Gasteiger partial charge in [-0.2, -0.15) is 4.98 Å². The Kier molecular flexibility index (Phi) is 6.63. The van der Waals surface area contributed by atoms with E-state index in [4.69, 9.17) is 11.6 Å². The third kappa shape index (κ3) is 5.21. The first-order valence-electron chi connectivity index (χ1n) is 8.90. The number of allylic oxidation sites excluding steroid dienone is 1. The molecule has 152 valence electrons. The van der Waals surface area contributed by atoms with Crippen LogP contribution in [0.3, 0.4) is 0 Å². The van der Waals surface area contributed by atoms with E-state index in [1.54, 1.807) is 12.3 Å². The molecule has 0 aliphatic heterocycles. The number of halogens is 2. The van der Waals surface area contributed by atoms with Crippen LogP contribution < -0.4 is 16.1 Å². The number of anilines is 1. The van der Waals surface area contributed by atoms with E-state index >= 15 is 0 Å². The molecule has 0 fully saturated rings. The first-order chi connectivity index (χ1) is 14.0. The Morgan fingerprint density at radius 2 is 2.17 bits per heavy atom. The van der Waals surface area contributed by atoms with Gasteiger partial charge >= 0.3 is 0 Å². The smallest absolute Gasteiger partial charge is 0.202 e. The predicted molar refractivity (Wildman–Crippen MR) is 112 cm³/mol. The minimum atomic E-state index is -0.543. The lowest BCUT2D eigenvalue weighted by Gasteiger charge is -2.06. The van der Waals surface area contributed by atoms with Crippen molar-refractivity contribution in [2.24, 2.45) is 4.99 Å². The molecule has 0 amide bonds. The highest BCUT2D eigenvalue weighted by Crippen LogP contribution is 2.23. The summed E-state index contributed by atoms with van der Waals surface area (Å²) >= 11 is 5.80. The molecule has 3 rings (SSSR count).